The summed E-state index contributed by atoms with van der Waals surface area (Å²) >= 11 is 0. The number of nitrogens with zero attached hydrogens (tertiary/aromatic N) is 3. The highest BCUT2D eigenvalue weighted by Crippen LogP contribution is 2.44. The predicted octanol–water partition coefficient (Wildman–Crippen LogP) is 5.43. The van der Waals surface area contributed by atoms with Crippen molar-refractivity contribution < 1.29 is 26.0 Å². The van der Waals surface area contributed by atoms with Gasteiger partial charge in [-0.25, -0.2) is 22.8 Å². The van der Waals surface area contributed by atoms with Crippen molar-refractivity contribution in [3.05, 3.63) is 75.6 Å². The Kier molecular flexibility index (Phi) is 5.66. The first-order valence-corrected chi connectivity index (χ1v) is 13.0. The SMILES string of the molecule is CCS(=O)(=O)c1ccc(-c2cccc(F)c2)nc1C1=Nc2cc(C(F)(F)F)n(C3CC3)c(=O)c2C1C. The molecule has 6 nitrogen and oxygen atoms in total. The number of pyridine rings is 2. The fourth-order valence-electron chi connectivity index (χ4n) is 4.50. The van der Waals surface area contributed by atoms with Gasteiger partial charge in [0.25, 0.3) is 5.56 Å². The highest BCUT2D eigenvalue weighted by Gasteiger charge is 2.43. The molecule has 1 aliphatic carbocycles. The minimum absolute atomic E-state index is 0.0618. The minimum Gasteiger partial charge on any atom is -0.301 e. The third-order valence-electron chi connectivity index (χ3n) is 6.48. The van der Waals surface area contributed by atoms with Crippen LogP contribution in [0.3, 0.4) is 0 Å². The maximum absolute atomic E-state index is 13.8. The lowest BCUT2D eigenvalue weighted by Crippen LogP contribution is -2.30. The van der Waals surface area contributed by atoms with Gasteiger partial charge in [-0.2, -0.15) is 13.2 Å². The van der Waals surface area contributed by atoms with E-state index in [1.165, 1.54) is 37.3 Å². The van der Waals surface area contributed by atoms with Crippen LogP contribution in [0.25, 0.3) is 11.3 Å². The molecule has 3 heterocycles. The van der Waals surface area contributed by atoms with Gasteiger partial charge in [-0.3, -0.25) is 4.79 Å². The molecule has 2 aliphatic rings. The van der Waals surface area contributed by atoms with Gasteiger partial charge in [-0.15, -0.1) is 0 Å². The molecule has 0 N–H and O–H groups in total. The number of benzene rings is 1. The van der Waals surface area contributed by atoms with E-state index >= 15 is 0 Å². The van der Waals surface area contributed by atoms with E-state index in [2.05, 4.69) is 9.98 Å². The molecule has 3 aromatic rings. The summed E-state index contributed by atoms with van der Waals surface area (Å²) in [5.74, 6) is -1.57. The molecule has 1 unspecified atom stereocenters. The van der Waals surface area contributed by atoms with Crippen LogP contribution in [-0.2, 0) is 16.0 Å². The Bertz CT molecular complexity index is 1590. The molecule has 0 radical (unpaired) electrons. The lowest BCUT2D eigenvalue weighted by Gasteiger charge is -2.18. The molecule has 0 saturated heterocycles. The minimum atomic E-state index is -4.76. The molecule has 1 fully saturated rings. The maximum atomic E-state index is 13.8. The first kappa shape index (κ1) is 24.4. The van der Waals surface area contributed by atoms with Gasteiger partial charge >= 0.3 is 6.18 Å². The second kappa shape index (κ2) is 8.36. The maximum Gasteiger partial charge on any atom is 0.431 e. The molecule has 11 heteroatoms. The van der Waals surface area contributed by atoms with Crippen LogP contribution in [-0.4, -0.2) is 29.4 Å². The molecule has 188 valence electrons. The van der Waals surface area contributed by atoms with Gasteiger partial charge in [-0.05, 0) is 43.2 Å². The zero-order valence-electron chi connectivity index (χ0n) is 19.3. The monoisotopic (exact) mass is 519 g/mol. The number of alkyl halides is 3. The van der Waals surface area contributed by atoms with Gasteiger partial charge in [-0.1, -0.05) is 26.0 Å². The molecule has 2 aromatic heterocycles. The summed E-state index contributed by atoms with van der Waals surface area (Å²) in [5, 5.41) is 0. The van der Waals surface area contributed by atoms with E-state index in [4.69, 9.17) is 0 Å². The van der Waals surface area contributed by atoms with Gasteiger partial charge in [0.05, 0.1) is 33.3 Å². The van der Waals surface area contributed by atoms with Gasteiger partial charge in [0.2, 0.25) is 0 Å². The van der Waals surface area contributed by atoms with Crippen molar-refractivity contribution in [2.24, 2.45) is 4.99 Å². The number of sulfone groups is 1. The lowest BCUT2D eigenvalue weighted by atomic mass is 9.96. The highest BCUT2D eigenvalue weighted by molar-refractivity contribution is 7.91. The Balaban J connectivity index is 1.73. The van der Waals surface area contributed by atoms with E-state index in [1.807, 2.05) is 0 Å². The van der Waals surface area contributed by atoms with Gasteiger partial charge in [0, 0.05) is 17.5 Å². The number of fused-ring (bicyclic) bond motifs is 1. The average molecular weight is 520 g/mol. The quantitative estimate of drug-likeness (QED) is 0.421. The molecule has 1 saturated carbocycles. The molecular formula is C25H21F4N3O3S. The van der Waals surface area contributed by atoms with Gasteiger partial charge < -0.3 is 4.57 Å². The van der Waals surface area contributed by atoms with Crippen molar-refractivity contribution >= 4 is 21.2 Å². The summed E-state index contributed by atoms with van der Waals surface area (Å²) in [6.07, 6.45) is -3.81. The molecule has 1 aliphatic heterocycles. The molecule has 0 bridgehead atoms. The number of aliphatic imine (C=N–C) groups is 1. The summed E-state index contributed by atoms with van der Waals surface area (Å²) in [4.78, 5) is 21.9. The van der Waals surface area contributed by atoms with Gasteiger partial charge in [0.15, 0.2) is 9.84 Å². The number of hydrogen-bond donors (Lipinski definition) is 0. The Hall–Kier alpha value is -3.34. The second-order valence-electron chi connectivity index (χ2n) is 8.91. The van der Waals surface area contributed by atoms with E-state index < -0.39 is 45.0 Å². The van der Waals surface area contributed by atoms with Crippen LogP contribution in [0.15, 0.2) is 57.1 Å². The topological polar surface area (TPSA) is 81.4 Å². The largest absolute Gasteiger partial charge is 0.431 e. The van der Waals surface area contributed by atoms with E-state index in [9.17, 15) is 30.8 Å². The van der Waals surface area contributed by atoms with Crippen molar-refractivity contribution in [1.29, 1.82) is 0 Å². The van der Waals surface area contributed by atoms with Crippen molar-refractivity contribution in [2.75, 3.05) is 5.75 Å². The van der Waals surface area contributed by atoms with E-state index in [-0.39, 0.29) is 39.0 Å². The van der Waals surface area contributed by atoms with Crippen LogP contribution in [0, 0.1) is 5.82 Å². The summed E-state index contributed by atoms with van der Waals surface area (Å²) in [6, 6.07) is 8.67. The van der Waals surface area contributed by atoms with Gasteiger partial charge in [0.1, 0.15) is 17.2 Å². The van der Waals surface area contributed by atoms with Crippen molar-refractivity contribution in [3.63, 3.8) is 0 Å². The molecule has 0 amide bonds. The summed E-state index contributed by atoms with van der Waals surface area (Å²) in [6.45, 7) is 3.05. The number of aromatic nitrogens is 2. The lowest BCUT2D eigenvalue weighted by molar-refractivity contribution is -0.144. The number of rotatable bonds is 5. The van der Waals surface area contributed by atoms with Crippen LogP contribution in [0.2, 0.25) is 0 Å². The third-order valence-corrected chi connectivity index (χ3v) is 8.24. The van der Waals surface area contributed by atoms with Crippen molar-refractivity contribution in [1.82, 2.24) is 9.55 Å². The summed E-state index contributed by atoms with van der Waals surface area (Å²) in [7, 11) is -3.82. The zero-order chi connectivity index (χ0) is 26.0. The Morgan fingerprint density at radius 3 is 2.44 bits per heavy atom. The van der Waals surface area contributed by atoms with E-state index in [1.54, 1.807) is 13.0 Å². The van der Waals surface area contributed by atoms with E-state index in [0.717, 1.165) is 10.6 Å². The molecule has 1 aromatic carbocycles. The first-order chi connectivity index (χ1) is 16.9. The molecule has 5 rings (SSSR count). The number of halogens is 4. The van der Waals surface area contributed by atoms with E-state index in [0.29, 0.717) is 18.4 Å². The zero-order valence-corrected chi connectivity index (χ0v) is 20.1. The van der Waals surface area contributed by atoms with Crippen LogP contribution < -0.4 is 5.56 Å². The second-order valence-corrected chi connectivity index (χ2v) is 11.2. The molecule has 1 atom stereocenters. The Morgan fingerprint density at radius 1 is 1.11 bits per heavy atom. The summed E-state index contributed by atoms with van der Waals surface area (Å²) < 4.78 is 81.8. The van der Waals surface area contributed by atoms with Crippen LogP contribution >= 0.6 is 0 Å². The smallest absolute Gasteiger partial charge is 0.301 e. The predicted molar refractivity (Wildman–Crippen MR) is 126 cm³/mol. The fourth-order valence-corrected chi connectivity index (χ4v) is 5.54. The fraction of sp³-hybridized carbons (Fsp3) is 0.320. The van der Waals surface area contributed by atoms with Crippen molar-refractivity contribution in [2.45, 2.75) is 49.7 Å². The van der Waals surface area contributed by atoms with Crippen LogP contribution in [0.5, 0.6) is 0 Å². The third kappa shape index (κ3) is 4.04. The van der Waals surface area contributed by atoms with Crippen LogP contribution in [0.1, 0.15) is 55.6 Å². The average Bonchev–Trinajstić information content (AvgIpc) is 3.60. The first-order valence-electron chi connectivity index (χ1n) is 11.4. The van der Waals surface area contributed by atoms with Crippen LogP contribution in [0.4, 0.5) is 23.2 Å². The molecule has 36 heavy (non-hydrogen) atoms. The standard InChI is InChI=1S/C25H21F4N3O3S/c1-3-36(34,35)19-10-9-17(14-5-4-6-15(26)11-14)30-23(19)22-13(2)21-18(31-22)12-20(25(27,28)29)32(24(21)33)16-7-8-16/h4-6,9-13,16H,3,7-8H2,1-2H3. The normalized spacial score (nSPS) is 17.7. The Morgan fingerprint density at radius 2 is 1.83 bits per heavy atom. The summed E-state index contributed by atoms with van der Waals surface area (Å²) in [5.41, 5.74) is -1.27. The Labute approximate surface area is 204 Å². The number of hydrogen-bond acceptors (Lipinski definition) is 5. The molecule has 0 spiro atoms. The highest BCUT2D eigenvalue weighted by atomic mass is 32.2. The van der Waals surface area contributed by atoms with Crippen molar-refractivity contribution in [3.8, 4) is 11.3 Å². The molecular weight excluding hydrogens is 498 g/mol.